The van der Waals surface area contributed by atoms with Crippen molar-refractivity contribution in [1.82, 2.24) is 4.31 Å². The first-order chi connectivity index (χ1) is 14.5. The number of aliphatic hydroxyl groups is 3. The summed E-state index contributed by atoms with van der Waals surface area (Å²) in [6.45, 7) is -1.07. The van der Waals surface area contributed by atoms with Crippen molar-refractivity contribution < 1.29 is 32.2 Å². The molecular weight excluding hydrogens is 444 g/mol. The fourth-order valence-electron chi connectivity index (χ4n) is 3.60. The van der Waals surface area contributed by atoms with Crippen LogP contribution in [0.4, 0.5) is 0 Å². The standard InChI is InChI=1S/C20H22N2O7S2/c1-14-2-5-17(6-3-14)30(26,27)19-10-22(12-20(19,25)13-24)31(28,29)18-7-4-15(9-21)8-16(18)11-23/h2-8,19,23-25H,10-13H2,1H3/t19-,20+/m0/s1. The molecule has 1 saturated heterocycles. The third-order valence-corrected chi connectivity index (χ3v) is 9.57. The fourth-order valence-corrected chi connectivity index (χ4v) is 7.36. The van der Waals surface area contributed by atoms with Crippen LogP contribution in [0.5, 0.6) is 0 Å². The maximum atomic E-state index is 13.2. The van der Waals surface area contributed by atoms with Gasteiger partial charge in [-0.1, -0.05) is 17.7 Å². The third kappa shape index (κ3) is 4.10. The lowest BCUT2D eigenvalue weighted by Crippen LogP contribution is -2.49. The smallest absolute Gasteiger partial charge is 0.243 e. The maximum absolute atomic E-state index is 13.2. The summed E-state index contributed by atoms with van der Waals surface area (Å²) in [7, 11) is -8.53. The molecule has 1 fully saturated rings. The van der Waals surface area contributed by atoms with E-state index in [0.717, 1.165) is 15.9 Å². The van der Waals surface area contributed by atoms with Crippen molar-refractivity contribution in [1.29, 1.82) is 5.26 Å². The van der Waals surface area contributed by atoms with Gasteiger partial charge in [0.05, 0.1) is 34.6 Å². The minimum absolute atomic E-state index is 0.0311. The molecule has 0 unspecified atom stereocenters. The highest BCUT2D eigenvalue weighted by molar-refractivity contribution is 7.92. The molecule has 166 valence electrons. The lowest BCUT2D eigenvalue weighted by molar-refractivity contribution is 0.00159. The lowest BCUT2D eigenvalue weighted by Gasteiger charge is -2.26. The van der Waals surface area contributed by atoms with Crippen LogP contribution in [0.25, 0.3) is 0 Å². The van der Waals surface area contributed by atoms with E-state index in [1.54, 1.807) is 19.1 Å². The molecule has 1 aliphatic heterocycles. The summed E-state index contributed by atoms with van der Waals surface area (Å²) in [5.74, 6) is 0. The monoisotopic (exact) mass is 466 g/mol. The predicted octanol–water partition coefficient (Wildman–Crippen LogP) is -0.0708. The van der Waals surface area contributed by atoms with E-state index in [2.05, 4.69) is 0 Å². The number of nitrogens with zero attached hydrogens (tertiary/aromatic N) is 2. The molecule has 2 aromatic rings. The fraction of sp³-hybridized carbons (Fsp3) is 0.350. The van der Waals surface area contributed by atoms with E-state index in [-0.39, 0.29) is 20.9 Å². The number of sulfone groups is 1. The number of aliphatic hydroxyl groups excluding tert-OH is 2. The SMILES string of the molecule is Cc1ccc(S(=O)(=O)[C@H]2CN(S(=O)(=O)c3ccc(C#N)cc3CO)C[C@@]2(O)CO)cc1. The highest BCUT2D eigenvalue weighted by Crippen LogP contribution is 2.35. The Morgan fingerprint density at radius 3 is 2.32 bits per heavy atom. The quantitative estimate of drug-likeness (QED) is 0.534. The summed E-state index contributed by atoms with van der Waals surface area (Å²) < 4.78 is 53.5. The van der Waals surface area contributed by atoms with Gasteiger partial charge in [-0.15, -0.1) is 0 Å². The molecular formula is C20H22N2O7S2. The second kappa shape index (κ2) is 8.31. The molecule has 3 rings (SSSR count). The number of hydrogen-bond donors (Lipinski definition) is 3. The normalized spacial score (nSPS) is 22.4. The first-order valence-corrected chi connectivity index (χ1v) is 12.3. The number of hydrogen-bond acceptors (Lipinski definition) is 8. The Labute approximate surface area is 180 Å². The Balaban J connectivity index is 2.04. The Bertz CT molecular complexity index is 1240. The molecule has 0 radical (unpaired) electrons. The summed E-state index contributed by atoms with van der Waals surface area (Å²) in [4.78, 5) is -0.397. The molecule has 0 bridgehead atoms. The van der Waals surface area contributed by atoms with Crippen molar-refractivity contribution in [2.75, 3.05) is 19.7 Å². The first-order valence-electron chi connectivity index (χ1n) is 9.27. The highest BCUT2D eigenvalue weighted by Gasteiger charge is 2.55. The molecule has 2 atom stereocenters. The van der Waals surface area contributed by atoms with Crippen molar-refractivity contribution >= 4 is 19.9 Å². The predicted molar refractivity (Wildman–Crippen MR) is 110 cm³/mol. The first kappa shape index (κ1) is 23.3. The number of sulfonamides is 1. The van der Waals surface area contributed by atoms with Crippen LogP contribution in [-0.4, -0.2) is 67.0 Å². The van der Waals surface area contributed by atoms with E-state index in [0.29, 0.717) is 0 Å². The minimum atomic E-state index is -4.34. The van der Waals surface area contributed by atoms with Crippen molar-refractivity contribution in [3.05, 3.63) is 59.2 Å². The van der Waals surface area contributed by atoms with Crippen LogP contribution in [0, 0.1) is 18.3 Å². The van der Waals surface area contributed by atoms with Gasteiger partial charge in [0.15, 0.2) is 9.84 Å². The van der Waals surface area contributed by atoms with Gasteiger partial charge in [-0.05, 0) is 42.8 Å². The van der Waals surface area contributed by atoms with E-state index in [9.17, 15) is 32.2 Å². The van der Waals surface area contributed by atoms with Crippen LogP contribution in [0.2, 0.25) is 0 Å². The molecule has 31 heavy (non-hydrogen) atoms. The van der Waals surface area contributed by atoms with Gasteiger partial charge in [0.25, 0.3) is 0 Å². The van der Waals surface area contributed by atoms with Crippen LogP contribution in [0.1, 0.15) is 16.7 Å². The zero-order chi connectivity index (χ0) is 23.0. The second-order valence-electron chi connectivity index (χ2n) is 7.50. The second-order valence-corrected chi connectivity index (χ2v) is 11.5. The van der Waals surface area contributed by atoms with E-state index >= 15 is 0 Å². The van der Waals surface area contributed by atoms with Gasteiger partial charge < -0.3 is 15.3 Å². The molecule has 0 aromatic heterocycles. The topological polar surface area (TPSA) is 156 Å². The number of benzene rings is 2. The van der Waals surface area contributed by atoms with Gasteiger partial charge in [0.1, 0.15) is 10.9 Å². The number of nitriles is 1. The van der Waals surface area contributed by atoms with E-state index in [1.165, 1.54) is 24.3 Å². The zero-order valence-corrected chi connectivity index (χ0v) is 18.3. The number of β-amino-alcohol motifs (C(OH)–C–C–N with tert-alkyl or cyclic N) is 1. The van der Waals surface area contributed by atoms with Gasteiger partial charge in [0.2, 0.25) is 10.0 Å². The molecule has 9 nitrogen and oxygen atoms in total. The van der Waals surface area contributed by atoms with Gasteiger partial charge in [-0.25, -0.2) is 16.8 Å². The van der Waals surface area contributed by atoms with Gasteiger partial charge in [-0.3, -0.25) is 0 Å². The van der Waals surface area contributed by atoms with E-state index in [1.807, 2.05) is 6.07 Å². The van der Waals surface area contributed by atoms with Gasteiger partial charge in [-0.2, -0.15) is 9.57 Å². The number of rotatable bonds is 6. The molecule has 11 heteroatoms. The molecule has 3 N–H and O–H groups in total. The van der Waals surface area contributed by atoms with Crippen LogP contribution >= 0.6 is 0 Å². The molecule has 2 aromatic carbocycles. The van der Waals surface area contributed by atoms with Crippen LogP contribution in [0.3, 0.4) is 0 Å². The molecule has 0 saturated carbocycles. The van der Waals surface area contributed by atoms with Crippen molar-refractivity contribution in [2.45, 2.75) is 34.2 Å². The van der Waals surface area contributed by atoms with Gasteiger partial charge >= 0.3 is 0 Å². The van der Waals surface area contributed by atoms with Gasteiger partial charge in [0, 0.05) is 13.1 Å². The molecule has 0 spiro atoms. The number of aryl methyl sites for hydroxylation is 1. The molecule has 0 aliphatic carbocycles. The van der Waals surface area contributed by atoms with Crippen LogP contribution in [-0.2, 0) is 26.5 Å². The summed E-state index contributed by atoms with van der Waals surface area (Å²) in [5.41, 5.74) is -1.28. The van der Waals surface area contributed by atoms with Crippen LogP contribution < -0.4 is 0 Å². The molecule has 1 heterocycles. The summed E-state index contributed by atoms with van der Waals surface area (Å²) in [5, 5.41) is 37.6. The third-order valence-electron chi connectivity index (χ3n) is 5.39. The Kier molecular flexibility index (Phi) is 6.25. The van der Waals surface area contributed by atoms with Crippen molar-refractivity contribution in [3.63, 3.8) is 0 Å². The minimum Gasteiger partial charge on any atom is -0.393 e. The summed E-state index contributed by atoms with van der Waals surface area (Å²) >= 11 is 0. The Morgan fingerprint density at radius 1 is 1.13 bits per heavy atom. The van der Waals surface area contributed by atoms with E-state index < -0.39 is 57.0 Å². The average molecular weight is 467 g/mol. The molecule has 1 aliphatic rings. The maximum Gasteiger partial charge on any atom is 0.243 e. The molecule has 0 amide bonds. The highest BCUT2D eigenvalue weighted by atomic mass is 32.2. The Hall–Kier alpha value is -2.33. The zero-order valence-electron chi connectivity index (χ0n) is 16.6. The summed E-state index contributed by atoms with van der Waals surface area (Å²) in [6.07, 6.45) is 0. The largest absolute Gasteiger partial charge is 0.393 e. The lowest BCUT2D eigenvalue weighted by atomic mass is 10.1. The van der Waals surface area contributed by atoms with Crippen molar-refractivity contribution in [3.8, 4) is 6.07 Å². The Morgan fingerprint density at radius 2 is 1.77 bits per heavy atom. The van der Waals surface area contributed by atoms with Crippen LogP contribution in [0.15, 0.2) is 52.3 Å². The summed E-state index contributed by atoms with van der Waals surface area (Å²) in [6, 6.07) is 11.4. The van der Waals surface area contributed by atoms with Crippen molar-refractivity contribution in [2.24, 2.45) is 0 Å². The average Bonchev–Trinajstić information content (AvgIpc) is 3.13. The van der Waals surface area contributed by atoms with E-state index in [4.69, 9.17) is 5.26 Å².